The van der Waals surface area contributed by atoms with Crippen molar-refractivity contribution in [3.63, 3.8) is 0 Å². The van der Waals surface area contributed by atoms with Crippen LogP contribution in [-0.2, 0) is 5.60 Å². The third-order valence-electron chi connectivity index (χ3n) is 4.31. The van der Waals surface area contributed by atoms with Crippen LogP contribution in [0.1, 0.15) is 31.2 Å². The monoisotopic (exact) mass is 267 g/mol. The van der Waals surface area contributed by atoms with E-state index in [2.05, 4.69) is 4.90 Å². The summed E-state index contributed by atoms with van der Waals surface area (Å²) in [6.07, 6.45) is 4.01. The number of hydrogen-bond donors (Lipinski definition) is 1. The molecule has 1 heterocycles. The van der Waals surface area contributed by atoms with Gasteiger partial charge in [-0.1, -0.05) is 0 Å². The lowest BCUT2D eigenvalue weighted by molar-refractivity contribution is -0.0190. The molecule has 0 spiro atoms. The van der Waals surface area contributed by atoms with Gasteiger partial charge in [0.15, 0.2) is 0 Å². The van der Waals surface area contributed by atoms with Gasteiger partial charge in [0.2, 0.25) is 0 Å². The molecule has 1 aromatic carbocycles. The number of aliphatic hydroxyl groups is 1. The highest BCUT2D eigenvalue weighted by atomic mass is 19.1. The van der Waals surface area contributed by atoms with Crippen LogP contribution in [0.15, 0.2) is 18.2 Å². The average molecular weight is 267 g/mol. The first-order chi connectivity index (χ1) is 9.09. The molecule has 1 N–H and O–H groups in total. The Morgan fingerprint density at radius 3 is 2.53 bits per heavy atom. The van der Waals surface area contributed by atoms with Crippen molar-refractivity contribution < 1.29 is 13.9 Å². The van der Waals surface area contributed by atoms with Crippen molar-refractivity contribution in [2.24, 2.45) is 5.92 Å². The van der Waals surface area contributed by atoms with E-state index in [9.17, 15) is 13.9 Å². The molecule has 4 heteroatoms. The Morgan fingerprint density at radius 1 is 1.21 bits per heavy atom. The van der Waals surface area contributed by atoms with Gasteiger partial charge in [-0.25, -0.2) is 8.78 Å². The highest BCUT2D eigenvalue weighted by Gasteiger charge is 2.47. The first kappa shape index (κ1) is 13.0. The molecule has 2 aliphatic rings. The van der Waals surface area contributed by atoms with Crippen molar-refractivity contribution in [2.45, 2.75) is 31.3 Å². The maximum Gasteiger partial charge on any atom is 0.129 e. The number of β-amino-alcohol motifs (C(OH)–C–C–N with tert-alkyl or cyclic N) is 1. The Morgan fingerprint density at radius 2 is 1.89 bits per heavy atom. The molecule has 104 valence electrons. The topological polar surface area (TPSA) is 23.5 Å². The van der Waals surface area contributed by atoms with E-state index in [0.717, 1.165) is 57.0 Å². The largest absolute Gasteiger partial charge is 0.383 e. The Bertz CT molecular complexity index is 469. The van der Waals surface area contributed by atoms with Crippen LogP contribution in [0.5, 0.6) is 0 Å². The van der Waals surface area contributed by atoms with E-state index in [1.807, 2.05) is 0 Å². The smallest absolute Gasteiger partial charge is 0.129 e. The number of rotatable bonds is 4. The predicted octanol–water partition coefficient (Wildman–Crippen LogP) is 2.66. The van der Waals surface area contributed by atoms with E-state index in [-0.39, 0.29) is 11.5 Å². The second-order valence-corrected chi connectivity index (χ2v) is 5.81. The zero-order chi connectivity index (χ0) is 13.5. The molecule has 1 aliphatic carbocycles. The zero-order valence-corrected chi connectivity index (χ0v) is 10.9. The molecule has 0 radical (unpaired) electrons. The van der Waals surface area contributed by atoms with E-state index in [1.165, 1.54) is 0 Å². The molecule has 0 bridgehead atoms. The average Bonchev–Trinajstić information content (AvgIpc) is 3.13. The molecule has 1 unspecified atom stereocenters. The first-order valence-corrected chi connectivity index (χ1v) is 7.00. The van der Waals surface area contributed by atoms with E-state index in [1.54, 1.807) is 0 Å². The third-order valence-corrected chi connectivity index (χ3v) is 4.31. The van der Waals surface area contributed by atoms with Gasteiger partial charge in [-0.05, 0) is 62.9 Å². The number of benzene rings is 1. The summed E-state index contributed by atoms with van der Waals surface area (Å²) >= 11 is 0. The molecule has 2 fully saturated rings. The molecule has 0 amide bonds. The predicted molar refractivity (Wildman–Crippen MR) is 68.7 cm³/mol. The van der Waals surface area contributed by atoms with Crippen molar-refractivity contribution in [1.29, 1.82) is 0 Å². The fraction of sp³-hybridized carbons (Fsp3) is 0.600. The lowest BCUT2D eigenvalue weighted by atomic mass is 9.87. The van der Waals surface area contributed by atoms with Gasteiger partial charge in [0, 0.05) is 12.1 Å². The van der Waals surface area contributed by atoms with Gasteiger partial charge >= 0.3 is 0 Å². The van der Waals surface area contributed by atoms with Crippen LogP contribution in [-0.4, -0.2) is 29.6 Å². The highest BCUT2D eigenvalue weighted by molar-refractivity contribution is 5.28. The molecule has 1 saturated heterocycles. The standard InChI is InChI=1S/C15H19F2NO/c16-12-5-6-14(17)13(9-12)15(19,11-3-4-11)10-18-7-1-2-8-18/h5-6,9,11,19H,1-4,7-8,10H2. The fourth-order valence-corrected chi connectivity index (χ4v) is 3.11. The Balaban J connectivity index is 1.92. The zero-order valence-electron chi connectivity index (χ0n) is 10.9. The quantitative estimate of drug-likeness (QED) is 0.906. The van der Waals surface area contributed by atoms with Gasteiger partial charge in [0.1, 0.15) is 17.2 Å². The van der Waals surface area contributed by atoms with Crippen LogP contribution in [0.2, 0.25) is 0 Å². The summed E-state index contributed by atoms with van der Waals surface area (Å²) < 4.78 is 27.4. The second-order valence-electron chi connectivity index (χ2n) is 5.81. The van der Waals surface area contributed by atoms with Crippen LogP contribution in [0.4, 0.5) is 8.78 Å². The molecule has 0 aromatic heterocycles. The summed E-state index contributed by atoms with van der Waals surface area (Å²) in [6.45, 7) is 2.29. The summed E-state index contributed by atoms with van der Waals surface area (Å²) in [5, 5.41) is 10.9. The van der Waals surface area contributed by atoms with Gasteiger partial charge in [-0.15, -0.1) is 0 Å². The molecule has 2 nitrogen and oxygen atoms in total. The lowest BCUT2D eigenvalue weighted by Gasteiger charge is -2.33. The van der Waals surface area contributed by atoms with Gasteiger partial charge < -0.3 is 10.0 Å². The normalized spacial score (nSPS) is 23.5. The van der Waals surface area contributed by atoms with Crippen molar-refractivity contribution in [2.75, 3.05) is 19.6 Å². The summed E-state index contributed by atoms with van der Waals surface area (Å²) in [4.78, 5) is 2.16. The van der Waals surface area contributed by atoms with Crippen molar-refractivity contribution in [3.8, 4) is 0 Å². The van der Waals surface area contributed by atoms with Crippen molar-refractivity contribution in [3.05, 3.63) is 35.4 Å². The summed E-state index contributed by atoms with van der Waals surface area (Å²) in [5.74, 6) is -0.934. The van der Waals surface area contributed by atoms with Crippen LogP contribution < -0.4 is 0 Å². The number of halogens is 2. The lowest BCUT2D eigenvalue weighted by Crippen LogP contribution is -2.42. The minimum atomic E-state index is -1.24. The maximum absolute atomic E-state index is 14.0. The third kappa shape index (κ3) is 2.51. The number of hydrogen-bond acceptors (Lipinski definition) is 2. The Hall–Kier alpha value is -1.00. The number of nitrogens with zero attached hydrogens (tertiary/aromatic N) is 1. The van der Waals surface area contributed by atoms with Gasteiger partial charge in [-0.2, -0.15) is 0 Å². The fourth-order valence-electron chi connectivity index (χ4n) is 3.11. The van der Waals surface area contributed by atoms with Crippen LogP contribution in [0.25, 0.3) is 0 Å². The maximum atomic E-state index is 14.0. The minimum absolute atomic E-state index is 0.0596. The van der Waals surface area contributed by atoms with Crippen LogP contribution in [0.3, 0.4) is 0 Å². The van der Waals surface area contributed by atoms with Gasteiger partial charge in [0.05, 0.1) is 0 Å². The summed E-state index contributed by atoms with van der Waals surface area (Å²) in [5.41, 5.74) is -1.11. The SMILES string of the molecule is OC(CN1CCCC1)(c1cc(F)ccc1F)C1CC1. The Labute approximate surface area is 112 Å². The molecule has 3 rings (SSSR count). The minimum Gasteiger partial charge on any atom is -0.383 e. The summed E-state index contributed by atoms with van der Waals surface area (Å²) in [6, 6.07) is 3.37. The first-order valence-electron chi connectivity index (χ1n) is 7.00. The van der Waals surface area contributed by atoms with Gasteiger partial charge in [-0.3, -0.25) is 0 Å². The van der Waals surface area contributed by atoms with E-state index in [0.29, 0.717) is 6.54 Å². The van der Waals surface area contributed by atoms with Crippen LogP contribution in [0, 0.1) is 17.6 Å². The molecule has 1 aliphatic heterocycles. The van der Waals surface area contributed by atoms with Crippen molar-refractivity contribution in [1.82, 2.24) is 4.90 Å². The summed E-state index contributed by atoms with van der Waals surface area (Å²) in [7, 11) is 0. The molecular formula is C15H19F2NO. The second kappa shape index (κ2) is 4.84. The van der Waals surface area contributed by atoms with E-state index >= 15 is 0 Å². The molecular weight excluding hydrogens is 248 g/mol. The van der Waals surface area contributed by atoms with Gasteiger partial charge in [0.25, 0.3) is 0 Å². The molecule has 19 heavy (non-hydrogen) atoms. The number of likely N-dealkylation sites (tertiary alicyclic amines) is 1. The molecule has 1 aromatic rings. The van der Waals surface area contributed by atoms with Crippen LogP contribution >= 0.6 is 0 Å². The molecule has 1 saturated carbocycles. The van der Waals surface area contributed by atoms with E-state index in [4.69, 9.17) is 0 Å². The Kier molecular flexibility index (Phi) is 3.31. The van der Waals surface area contributed by atoms with E-state index < -0.39 is 17.2 Å². The molecule has 1 atom stereocenters. The van der Waals surface area contributed by atoms with Crippen molar-refractivity contribution >= 4 is 0 Å². The highest BCUT2D eigenvalue weighted by Crippen LogP contribution is 2.47.